The maximum atomic E-state index is 10.5. The standard InChI is InChI=1S/C17H31NO3/c1-13-12-17(2,3)8-4-15(13)18-9-5-14(6-10-18)21-11-7-16(19)20/h13-15H,4-12H2,1-3H3,(H,19,20). The maximum Gasteiger partial charge on any atom is 0.305 e. The van der Waals surface area contributed by atoms with Crippen molar-refractivity contribution in [3.63, 3.8) is 0 Å². The van der Waals surface area contributed by atoms with E-state index in [0.29, 0.717) is 12.0 Å². The first-order chi connectivity index (χ1) is 9.87. The molecule has 0 aromatic heterocycles. The molecule has 2 aliphatic rings. The molecular weight excluding hydrogens is 266 g/mol. The summed E-state index contributed by atoms with van der Waals surface area (Å²) in [6.45, 7) is 9.75. The third-order valence-corrected chi connectivity index (χ3v) is 5.26. The fourth-order valence-corrected chi connectivity index (χ4v) is 4.16. The lowest BCUT2D eigenvalue weighted by Gasteiger charge is -2.46. The van der Waals surface area contributed by atoms with Crippen molar-refractivity contribution in [1.82, 2.24) is 4.90 Å². The van der Waals surface area contributed by atoms with Crippen molar-refractivity contribution in [3.8, 4) is 0 Å². The van der Waals surface area contributed by atoms with Gasteiger partial charge in [-0.3, -0.25) is 9.69 Å². The summed E-state index contributed by atoms with van der Waals surface area (Å²) in [7, 11) is 0. The second-order valence-corrected chi connectivity index (χ2v) is 7.70. The van der Waals surface area contributed by atoms with Gasteiger partial charge in [0, 0.05) is 19.1 Å². The van der Waals surface area contributed by atoms with Crippen molar-refractivity contribution in [2.24, 2.45) is 11.3 Å². The molecule has 1 saturated heterocycles. The van der Waals surface area contributed by atoms with Gasteiger partial charge in [0.1, 0.15) is 0 Å². The van der Waals surface area contributed by atoms with Crippen molar-refractivity contribution in [2.75, 3.05) is 19.7 Å². The van der Waals surface area contributed by atoms with E-state index in [0.717, 1.165) is 37.9 Å². The van der Waals surface area contributed by atoms with Gasteiger partial charge in [0.05, 0.1) is 19.1 Å². The summed E-state index contributed by atoms with van der Waals surface area (Å²) in [5.41, 5.74) is 0.508. The van der Waals surface area contributed by atoms with Crippen LogP contribution in [-0.2, 0) is 9.53 Å². The Kier molecular flexibility index (Phi) is 5.67. The number of hydrogen-bond donors (Lipinski definition) is 1. The molecule has 0 amide bonds. The van der Waals surface area contributed by atoms with Crippen LogP contribution in [0.5, 0.6) is 0 Å². The summed E-state index contributed by atoms with van der Waals surface area (Å²) in [5, 5.41) is 8.64. The van der Waals surface area contributed by atoms with Gasteiger partial charge < -0.3 is 9.84 Å². The third-order valence-electron chi connectivity index (χ3n) is 5.26. The molecule has 4 heteroatoms. The molecule has 1 aliphatic carbocycles. The monoisotopic (exact) mass is 297 g/mol. The van der Waals surface area contributed by atoms with E-state index < -0.39 is 5.97 Å². The smallest absolute Gasteiger partial charge is 0.305 e. The summed E-state index contributed by atoms with van der Waals surface area (Å²) in [6.07, 6.45) is 6.45. The Morgan fingerprint density at radius 3 is 2.52 bits per heavy atom. The van der Waals surface area contributed by atoms with Gasteiger partial charge in [-0.05, 0) is 43.4 Å². The van der Waals surface area contributed by atoms with Gasteiger partial charge in [-0.25, -0.2) is 0 Å². The van der Waals surface area contributed by atoms with Crippen molar-refractivity contribution in [3.05, 3.63) is 0 Å². The molecule has 0 aromatic carbocycles. The first kappa shape index (κ1) is 16.8. The molecule has 2 fully saturated rings. The predicted octanol–water partition coefficient (Wildman–Crippen LogP) is 3.16. The molecule has 1 N–H and O–H groups in total. The van der Waals surface area contributed by atoms with E-state index in [-0.39, 0.29) is 12.5 Å². The molecule has 0 bridgehead atoms. The van der Waals surface area contributed by atoms with Crippen molar-refractivity contribution in [1.29, 1.82) is 0 Å². The molecule has 0 radical (unpaired) electrons. The SMILES string of the molecule is CC1CC(C)(C)CCC1N1CCC(OCCC(=O)O)CC1. The van der Waals surface area contributed by atoms with E-state index in [2.05, 4.69) is 25.7 Å². The Labute approximate surface area is 128 Å². The number of aliphatic carboxylic acids is 1. The number of carboxylic acid groups (broad SMARTS) is 1. The van der Waals surface area contributed by atoms with Gasteiger partial charge in [-0.1, -0.05) is 20.8 Å². The Balaban J connectivity index is 1.72. The second kappa shape index (κ2) is 7.10. The maximum absolute atomic E-state index is 10.5. The van der Waals surface area contributed by atoms with Crippen LogP contribution in [0.1, 0.15) is 59.3 Å². The fourth-order valence-electron chi connectivity index (χ4n) is 4.16. The van der Waals surface area contributed by atoms with Crippen LogP contribution < -0.4 is 0 Å². The van der Waals surface area contributed by atoms with Gasteiger partial charge >= 0.3 is 5.97 Å². The van der Waals surface area contributed by atoms with Crippen LogP contribution in [-0.4, -0.2) is 47.8 Å². The van der Waals surface area contributed by atoms with Gasteiger partial charge in [0.25, 0.3) is 0 Å². The molecule has 2 unspecified atom stereocenters. The highest BCUT2D eigenvalue weighted by Crippen LogP contribution is 2.41. The van der Waals surface area contributed by atoms with Crippen LogP contribution >= 0.6 is 0 Å². The highest BCUT2D eigenvalue weighted by Gasteiger charge is 2.36. The summed E-state index contributed by atoms with van der Waals surface area (Å²) in [5.74, 6) is 0.00399. The molecule has 21 heavy (non-hydrogen) atoms. The van der Waals surface area contributed by atoms with E-state index in [1.807, 2.05) is 0 Å². The van der Waals surface area contributed by atoms with E-state index in [1.165, 1.54) is 19.3 Å². The normalized spacial score (nSPS) is 31.2. The largest absolute Gasteiger partial charge is 0.481 e. The lowest BCUT2D eigenvalue weighted by atomic mass is 9.70. The number of ether oxygens (including phenoxy) is 1. The van der Waals surface area contributed by atoms with E-state index in [9.17, 15) is 4.79 Å². The predicted molar refractivity (Wildman–Crippen MR) is 83.4 cm³/mol. The number of carbonyl (C=O) groups is 1. The molecule has 2 atom stereocenters. The summed E-state index contributed by atoms with van der Waals surface area (Å²) < 4.78 is 5.68. The van der Waals surface area contributed by atoms with Gasteiger partial charge in [0.15, 0.2) is 0 Å². The Hall–Kier alpha value is -0.610. The topological polar surface area (TPSA) is 49.8 Å². The minimum atomic E-state index is -0.772. The second-order valence-electron chi connectivity index (χ2n) is 7.70. The van der Waals surface area contributed by atoms with Crippen LogP contribution in [0.25, 0.3) is 0 Å². The molecule has 4 nitrogen and oxygen atoms in total. The lowest BCUT2D eigenvalue weighted by molar-refractivity contribution is -0.139. The van der Waals surface area contributed by atoms with Crippen LogP contribution in [0.4, 0.5) is 0 Å². The Morgan fingerprint density at radius 2 is 1.95 bits per heavy atom. The summed E-state index contributed by atoms with van der Waals surface area (Å²) in [6, 6.07) is 0.734. The Bertz CT molecular complexity index is 348. The molecule has 2 rings (SSSR count). The van der Waals surface area contributed by atoms with E-state index >= 15 is 0 Å². The zero-order chi connectivity index (χ0) is 15.5. The minimum Gasteiger partial charge on any atom is -0.481 e. The van der Waals surface area contributed by atoms with Gasteiger partial charge in [-0.2, -0.15) is 0 Å². The zero-order valence-corrected chi connectivity index (χ0v) is 13.8. The quantitative estimate of drug-likeness (QED) is 0.847. The van der Waals surface area contributed by atoms with E-state index in [1.54, 1.807) is 0 Å². The number of hydrogen-bond acceptors (Lipinski definition) is 3. The van der Waals surface area contributed by atoms with Gasteiger partial charge in [0.2, 0.25) is 0 Å². The highest BCUT2D eigenvalue weighted by molar-refractivity contribution is 5.66. The molecule has 1 heterocycles. The first-order valence-electron chi connectivity index (χ1n) is 8.45. The average molecular weight is 297 g/mol. The van der Waals surface area contributed by atoms with Crippen molar-refractivity contribution in [2.45, 2.75) is 71.4 Å². The third kappa shape index (κ3) is 4.96. The first-order valence-corrected chi connectivity index (χ1v) is 8.45. The highest BCUT2D eigenvalue weighted by atomic mass is 16.5. The van der Waals surface area contributed by atoms with Crippen LogP contribution in [0.3, 0.4) is 0 Å². The summed E-state index contributed by atoms with van der Waals surface area (Å²) >= 11 is 0. The lowest BCUT2D eigenvalue weighted by Crippen LogP contribution is -2.49. The zero-order valence-electron chi connectivity index (χ0n) is 13.8. The fraction of sp³-hybridized carbons (Fsp3) is 0.941. The number of carboxylic acids is 1. The van der Waals surface area contributed by atoms with E-state index in [4.69, 9.17) is 9.84 Å². The number of likely N-dealkylation sites (tertiary alicyclic amines) is 1. The molecule has 1 saturated carbocycles. The average Bonchev–Trinajstić information content (AvgIpc) is 2.38. The van der Waals surface area contributed by atoms with Crippen LogP contribution in [0, 0.1) is 11.3 Å². The van der Waals surface area contributed by atoms with Crippen molar-refractivity contribution < 1.29 is 14.6 Å². The summed E-state index contributed by atoms with van der Waals surface area (Å²) in [4.78, 5) is 13.1. The number of piperidine rings is 1. The Morgan fingerprint density at radius 1 is 1.29 bits per heavy atom. The van der Waals surface area contributed by atoms with Crippen LogP contribution in [0.15, 0.2) is 0 Å². The molecule has 122 valence electrons. The molecule has 1 aliphatic heterocycles. The van der Waals surface area contributed by atoms with Crippen molar-refractivity contribution >= 4 is 5.97 Å². The van der Waals surface area contributed by atoms with Gasteiger partial charge in [-0.15, -0.1) is 0 Å². The number of nitrogens with zero attached hydrogens (tertiary/aromatic N) is 1. The molecule has 0 aromatic rings. The van der Waals surface area contributed by atoms with Crippen LogP contribution in [0.2, 0.25) is 0 Å². The minimum absolute atomic E-state index is 0.120. The number of rotatable bonds is 5. The molecular formula is C17H31NO3. The molecule has 0 spiro atoms.